The number of ether oxygens (including phenoxy) is 1. The summed E-state index contributed by atoms with van der Waals surface area (Å²) in [4.78, 5) is 29.3. The maximum Gasteiger partial charge on any atom is 0.267 e. The summed E-state index contributed by atoms with van der Waals surface area (Å²) in [7, 11) is 1.66. The third-order valence-corrected chi connectivity index (χ3v) is 5.58. The first-order valence-electron chi connectivity index (χ1n) is 9.84. The van der Waals surface area contributed by atoms with Gasteiger partial charge < -0.3 is 14.5 Å². The molecule has 2 heterocycles. The maximum absolute atomic E-state index is 13.0. The number of rotatable bonds is 5. The van der Waals surface area contributed by atoms with Crippen LogP contribution in [0.2, 0.25) is 0 Å². The first-order chi connectivity index (χ1) is 13.6. The Bertz CT molecular complexity index is 914. The summed E-state index contributed by atoms with van der Waals surface area (Å²) in [6.07, 6.45) is 2.22. The quantitative estimate of drug-likeness (QED) is 0.792. The van der Waals surface area contributed by atoms with Gasteiger partial charge in [0.25, 0.3) is 5.56 Å². The third-order valence-electron chi connectivity index (χ3n) is 5.58. The van der Waals surface area contributed by atoms with Crippen LogP contribution in [-0.2, 0) is 4.79 Å². The number of piperazine rings is 1. The molecule has 4 rings (SSSR count). The lowest BCUT2D eigenvalue weighted by Crippen LogP contribution is -2.51. The molecule has 2 fully saturated rings. The number of benzene rings is 1. The van der Waals surface area contributed by atoms with Crippen LogP contribution in [-0.4, -0.2) is 53.9 Å². The standard InChI is InChI=1S/C21H26N4O3/c1-15(25-20(26)9-8-19(22-25)16-6-7-16)21(27)24-12-10-23(11-13-24)17-4-3-5-18(14-17)28-2/h3-5,8-9,14-16H,6-7,10-13H2,1-2H3/t15-/m0/s1. The first kappa shape index (κ1) is 18.5. The van der Waals surface area contributed by atoms with Crippen molar-refractivity contribution in [2.45, 2.75) is 31.7 Å². The second-order valence-electron chi connectivity index (χ2n) is 7.51. The predicted molar refractivity (Wildman–Crippen MR) is 107 cm³/mol. The molecule has 1 saturated carbocycles. The molecule has 1 saturated heterocycles. The van der Waals surface area contributed by atoms with Crippen molar-refractivity contribution in [3.05, 3.63) is 52.4 Å². The average molecular weight is 382 g/mol. The van der Waals surface area contributed by atoms with Crippen LogP contribution in [0.25, 0.3) is 0 Å². The van der Waals surface area contributed by atoms with Gasteiger partial charge in [0.15, 0.2) is 0 Å². The number of nitrogens with zero attached hydrogens (tertiary/aromatic N) is 4. The average Bonchev–Trinajstić information content (AvgIpc) is 3.58. The number of aromatic nitrogens is 2. The van der Waals surface area contributed by atoms with Gasteiger partial charge in [-0.1, -0.05) is 6.07 Å². The molecular weight excluding hydrogens is 356 g/mol. The Labute approximate surface area is 164 Å². The molecule has 1 aromatic heterocycles. The van der Waals surface area contributed by atoms with E-state index in [1.807, 2.05) is 23.1 Å². The van der Waals surface area contributed by atoms with Gasteiger partial charge in [0.1, 0.15) is 11.8 Å². The third kappa shape index (κ3) is 3.74. The van der Waals surface area contributed by atoms with Gasteiger partial charge in [-0.05, 0) is 38.0 Å². The zero-order chi connectivity index (χ0) is 19.7. The molecule has 2 aromatic rings. The van der Waals surface area contributed by atoms with Crippen molar-refractivity contribution >= 4 is 11.6 Å². The van der Waals surface area contributed by atoms with E-state index < -0.39 is 6.04 Å². The van der Waals surface area contributed by atoms with Gasteiger partial charge in [-0.15, -0.1) is 0 Å². The highest BCUT2D eigenvalue weighted by Gasteiger charge is 2.29. The van der Waals surface area contributed by atoms with E-state index in [2.05, 4.69) is 16.1 Å². The highest BCUT2D eigenvalue weighted by molar-refractivity contribution is 5.80. The van der Waals surface area contributed by atoms with Crippen LogP contribution in [0.3, 0.4) is 0 Å². The topological polar surface area (TPSA) is 67.7 Å². The summed E-state index contributed by atoms with van der Waals surface area (Å²) in [5.41, 5.74) is 1.79. The van der Waals surface area contributed by atoms with E-state index in [-0.39, 0.29) is 11.5 Å². The predicted octanol–water partition coefficient (Wildman–Crippen LogP) is 2.04. The number of hydrogen-bond donors (Lipinski definition) is 0. The summed E-state index contributed by atoms with van der Waals surface area (Å²) in [6.45, 7) is 4.50. The Kier molecular flexibility index (Phi) is 5.07. The van der Waals surface area contributed by atoms with E-state index >= 15 is 0 Å². The lowest BCUT2D eigenvalue weighted by molar-refractivity contribution is -0.135. The molecule has 0 bridgehead atoms. The zero-order valence-corrected chi connectivity index (χ0v) is 16.4. The van der Waals surface area contributed by atoms with Crippen molar-refractivity contribution in [2.75, 3.05) is 38.2 Å². The normalized spacial score (nSPS) is 18.1. The summed E-state index contributed by atoms with van der Waals surface area (Å²) in [5, 5.41) is 4.46. The van der Waals surface area contributed by atoms with Crippen molar-refractivity contribution in [3.63, 3.8) is 0 Å². The number of methoxy groups -OCH3 is 1. The van der Waals surface area contributed by atoms with Crippen LogP contribution in [0.1, 0.15) is 37.4 Å². The van der Waals surface area contributed by atoms with Crippen LogP contribution in [0.15, 0.2) is 41.2 Å². The van der Waals surface area contributed by atoms with Crippen molar-refractivity contribution in [1.29, 1.82) is 0 Å². The molecule has 7 heteroatoms. The van der Waals surface area contributed by atoms with Gasteiger partial charge in [-0.2, -0.15) is 5.10 Å². The second kappa shape index (κ2) is 7.66. The summed E-state index contributed by atoms with van der Waals surface area (Å²) >= 11 is 0. The SMILES string of the molecule is COc1cccc(N2CCN(C(=O)[C@H](C)n3nc(C4CC4)ccc3=O)CC2)c1. The number of hydrogen-bond acceptors (Lipinski definition) is 5. The van der Waals surface area contributed by atoms with E-state index in [1.165, 1.54) is 10.7 Å². The largest absolute Gasteiger partial charge is 0.497 e. The van der Waals surface area contributed by atoms with Crippen LogP contribution in [0.5, 0.6) is 5.75 Å². The molecule has 0 radical (unpaired) electrons. The number of amides is 1. The Morgan fingerprint density at radius 1 is 1.14 bits per heavy atom. The fourth-order valence-corrected chi connectivity index (χ4v) is 3.68. The first-order valence-corrected chi connectivity index (χ1v) is 9.84. The minimum absolute atomic E-state index is 0.0483. The highest BCUT2D eigenvalue weighted by atomic mass is 16.5. The molecule has 2 aliphatic rings. The molecule has 148 valence electrons. The maximum atomic E-state index is 13.0. The number of carbonyl (C=O) groups is 1. The fraction of sp³-hybridized carbons (Fsp3) is 0.476. The minimum atomic E-state index is -0.588. The molecule has 28 heavy (non-hydrogen) atoms. The van der Waals surface area contributed by atoms with Gasteiger partial charge in [0.05, 0.1) is 12.8 Å². The van der Waals surface area contributed by atoms with Crippen molar-refractivity contribution < 1.29 is 9.53 Å². The minimum Gasteiger partial charge on any atom is -0.497 e. The van der Waals surface area contributed by atoms with E-state index in [0.717, 1.165) is 43.1 Å². The molecule has 0 unspecified atom stereocenters. The van der Waals surface area contributed by atoms with E-state index in [4.69, 9.17) is 4.74 Å². The molecule has 1 atom stereocenters. The summed E-state index contributed by atoms with van der Waals surface area (Å²) < 4.78 is 6.65. The van der Waals surface area contributed by atoms with Crippen LogP contribution in [0, 0.1) is 0 Å². The zero-order valence-electron chi connectivity index (χ0n) is 16.4. The van der Waals surface area contributed by atoms with Crippen molar-refractivity contribution in [2.24, 2.45) is 0 Å². The lowest BCUT2D eigenvalue weighted by Gasteiger charge is -2.37. The molecule has 1 aromatic carbocycles. The van der Waals surface area contributed by atoms with Crippen molar-refractivity contribution in [3.8, 4) is 5.75 Å². The Balaban J connectivity index is 1.42. The van der Waals surface area contributed by atoms with E-state index in [9.17, 15) is 9.59 Å². The van der Waals surface area contributed by atoms with Gasteiger partial charge in [0, 0.05) is 49.9 Å². The van der Waals surface area contributed by atoms with Crippen molar-refractivity contribution in [1.82, 2.24) is 14.7 Å². The van der Waals surface area contributed by atoms with Gasteiger partial charge in [0.2, 0.25) is 5.91 Å². The molecule has 1 aliphatic heterocycles. The van der Waals surface area contributed by atoms with E-state index in [0.29, 0.717) is 19.0 Å². The molecule has 7 nitrogen and oxygen atoms in total. The molecule has 1 amide bonds. The van der Waals surface area contributed by atoms with Crippen LogP contribution < -0.4 is 15.2 Å². The van der Waals surface area contributed by atoms with Gasteiger partial charge in [-0.3, -0.25) is 9.59 Å². The summed E-state index contributed by atoms with van der Waals surface area (Å²) in [6, 6.07) is 10.7. The Morgan fingerprint density at radius 3 is 2.57 bits per heavy atom. The van der Waals surface area contributed by atoms with Gasteiger partial charge >= 0.3 is 0 Å². The summed E-state index contributed by atoms with van der Waals surface area (Å²) in [5.74, 6) is 1.22. The Hall–Kier alpha value is -2.83. The molecular formula is C21H26N4O3. The molecule has 1 aliphatic carbocycles. The second-order valence-corrected chi connectivity index (χ2v) is 7.51. The van der Waals surface area contributed by atoms with Crippen LogP contribution >= 0.6 is 0 Å². The smallest absolute Gasteiger partial charge is 0.267 e. The molecule has 0 spiro atoms. The van der Waals surface area contributed by atoms with E-state index in [1.54, 1.807) is 20.1 Å². The van der Waals surface area contributed by atoms with Crippen LogP contribution in [0.4, 0.5) is 5.69 Å². The number of anilines is 1. The Morgan fingerprint density at radius 2 is 1.89 bits per heavy atom. The highest BCUT2D eigenvalue weighted by Crippen LogP contribution is 2.38. The molecule has 0 N–H and O–H groups in total. The van der Waals surface area contributed by atoms with Gasteiger partial charge in [-0.25, -0.2) is 4.68 Å². The number of carbonyl (C=O) groups excluding carboxylic acids is 1. The monoisotopic (exact) mass is 382 g/mol. The lowest BCUT2D eigenvalue weighted by atomic mass is 10.2. The fourth-order valence-electron chi connectivity index (χ4n) is 3.68.